The molecule has 134 valence electrons. The molecule has 0 aliphatic heterocycles. The van der Waals surface area contributed by atoms with E-state index in [4.69, 9.17) is 9.15 Å². The second-order valence-corrected chi connectivity index (χ2v) is 5.63. The maximum absolute atomic E-state index is 13.5. The summed E-state index contributed by atoms with van der Waals surface area (Å²) in [6.45, 7) is 1.79. The Kier molecular flexibility index (Phi) is 4.97. The fraction of sp³-hybridized carbons (Fsp3) is 0.158. The van der Waals surface area contributed by atoms with Crippen LogP contribution in [0, 0.1) is 18.6 Å². The van der Waals surface area contributed by atoms with Gasteiger partial charge in [-0.25, -0.2) is 8.78 Å². The summed E-state index contributed by atoms with van der Waals surface area (Å²) in [7, 11) is 1.76. The monoisotopic (exact) mass is 358 g/mol. The van der Waals surface area contributed by atoms with Crippen LogP contribution in [0.1, 0.15) is 27.6 Å². The summed E-state index contributed by atoms with van der Waals surface area (Å²) in [6, 6.07) is 6.39. The van der Waals surface area contributed by atoms with Gasteiger partial charge in [0.2, 0.25) is 0 Å². The molecule has 1 aromatic carbocycles. The Hall–Kier alpha value is -3.22. The van der Waals surface area contributed by atoms with Gasteiger partial charge in [0, 0.05) is 18.8 Å². The van der Waals surface area contributed by atoms with E-state index in [-0.39, 0.29) is 18.1 Å². The van der Waals surface area contributed by atoms with Crippen molar-refractivity contribution in [3.05, 3.63) is 77.0 Å². The van der Waals surface area contributed by atoms with E-state index >= 15 is 0 Å². The number of ether oxygens (including phenoxy) is 1. The van der Waals surface area contributed by atoms with E-state index in [1.807, 2.05) is 6.92 Å². The number of furan rings is 1. The van der Waals surface area contributed by atoms with E-state index in [1.54, 1.807) is 23.9 Å². The minimum atomic E-state index is -0.783. The molecule has 0 spiro atoms. The molecule has 2 aromatic heterocycles. The van der Waals surface area contributed by atoms with Crippen molar-refractivity contribution in [3.8, 4) is 5.75 Å². The minimum Gasteiger partial charge on any atom is -0.483 e. The summed E-state index contributed by atoms with van der Waals surface area (Å²) >= 11 is 0. The molecule has 0 bridgehead atoms. The average molecular weight is 358 g/mol. The number of carbonyl (C=O) groups excluding carboxylic acids is 1. The minimum absolute atomic E-state index is 0.0218. The molecule has 0 amide bonds. The van der Waals surface area contributed by atoms with Crippen LogP contribution >= 0.6 is 0 Å². The molecule has 3 aromatic rings. The normalized spacial score (nSPS) is 11.2. The van der Waals surface area contributed by atoms with E-state index in [0.717, 1.165) is 17.8 Å². The van der Waals surface area contributed by atoms with E-state index in [0.29, 0.717) is 17.1 Å². The van der Waals surface area contributed by atoms with Gasteiger partial charge in [-0.05, 0) is 43.3 Å². The molecular formula is C19H16F2N2O3. The number of ketones is 1. The van der Waals surface area contributed by atoms with Gasteiger partial charge >= 0.3 is 0 Å². The van der Waals surface area contributed by atoms with Crippen LogP contribution in [0.3, 0.4) is 0 Å². The highest BCUT2D eigenvalue weighted by Gasteiger charge is 2.10. The molecule has 0 unspecified atom stereocenters. The number of aryl methyl sites for hydroxylation is 1. The van der Waals surface area contributed by atoms with Crippen molar-refractivity contribution < 1.29 is 22.7 Å². The van der Waals surface area contributed by atoms with Crippen LogP contribution in [0.25, 0.3) is 6.08 Å². The van der Waals surface area contributed by atoms with Gasteiger partial charge in [-0.2, -0.15) is 5.10 Å². The molecule has 2 heterocycles. The SMILES string of the molecule is Cc1c(C(=O)C=Cc2ccc(COc3ccc(F)cc3F)o2)cnn1C. The number of allylic oxidation sites excluding steroid dienone is 1. The van der Waals surface area contributed by atoms with Gasteiger partial charge in [0.1, 0.15) is 23.9 Å². The first-order valence-corrected chi connectivity index (χ1v) is 7.81. The molecule has 26 heavy (non-hydrogen) atoms. The van der Waals surface area contributed by atoms with Crippen LogP contribution in [0.2, 0.25) is 0 Å². The Morgan fingerprint density at radius 1 is 1.31 bits per heavy atom. The summed E-state index contributed by atoms with van der Waals surface area (Å²) in [5.74, 6) is -0.806. The van der Waals surface area contributed by atoms with Crippen LogP contribution in [-0.2, 0) is 13.7 Å². The summed E-state index contributed by atoms with van der Waals surface area (Å²) in [6.07, 6.45) is 4.45. The van der Waals surface area contributed by atoms with E-state index in [2.05, 4.69) is 5.10 Å². The molecule has 7 heteroatoms. The van der Waals surface area contributed by atoms with Crippen LogP contribution in [0.4, 0.5) is 8.78 Å². The highest BCUT2D eigenvalue weighted by atomic mass is 19.1. The molecule has 0 saturated carbocycles. The van der Waals surface area contributed by atoms with Crippen LogP contribution in [0.15, 0.2) is 47.0 Å². The number of benzene rings is 1. The maximum atomic E-state index is 13.5. The second-order valence-electron chi connectivity index (χ2n) is 5.63. The molecule has 0 aliphatic rings. The molecule has 0 fully saturated rings. The number of hydrogen-bond acceptors (Lipinski definition) is 4. The first-order chi connectivity index (χ1) is 12.4. The third-order valence-electron chi connectivity index (χ3n) is 3.85. The fourth-order valence-corrected chi connectivity index (χ4v) is 2.29. The van der Waals surface area contributed by atoms with Gasteiger partial charge in [0.05, 0.1) is 11.8 Å². The Morgan fingerprint density at radius 3 is 2.81 bits per heavy atom. The van der Waals surface area contributed by atoms with Crippen LogP contribution < -0.4 is 4.74 Å². The van der Waals surface area contributed by atoms with Crippen molar-refractivity contribution in [3.63, 3.8) is 0 Å². The smallest absolute Gasteiger partial charge is 0.189 e. The fourth-order valence-electron chi connectivity index (χ4n) is 2.29. The van der Waals surface area contributed by atoms with Crippen LogP contribution in [-0.4, -0.2) is 15.6 Å². The number of rotatable bonds is 6. The maximum Gasteiger partial charge on any atom is 0.189 e. The number of aromatic nitrogens is 2. The standard InChI is InChI=1S/C19H16F2N2O3/c1-12-16(10-22-23(12)2)18(24)7-6-14-4-5-15(26-14)11-25-19-8-3-13(20)9-17(19)21/h3-10H,11H2,1-2H3. The van der Waals surface area contributed by atoms with Gasteiger partial charge in [-0.15, -0.1) is 0 Å². The van der Waals surface area contributed by atoms with E-state index < -0.39 is 11.6 Å². The van der Waals surface area contributed by atoms with Gasteiger partial charge in [-0.1, -0.05) is 0 Å². The van der Waals surface area contributed by atoms with Crippen molar-refractivity contribution in [1.29, 1.82) is 0 Å². The van der Waals surface area contributed by atoms with Gasteiger partial charge < -0.3 is 9.15 Å². The number of hydrogen-bond donors (Lipinski definition) is 0. The predicted octanol–water partition coefficient (Wildman–Crippen LogP) is 4.07. The predicted molar refractivity (Wildman–Crippen MR) is 90.7 cm³/mol. The summed E-state index contributed by atoms with van der Waals surface area (Å²) in [5, 5.41) is 4.03. The Morgan fingerprint density at radius 2 is 2.12 bits per heavy atom. The zero-order chi connectivity index (χ0) is 18.7. The first-order valence-electron chi connectivity index (χ1n) is 7.81. The van der Waals surface area contributed by atoms with Crippen molar-refractivity contribution in [2.75, 3.05) is 0 Å². The Labute approximate surface area is 148 Å². The second kappa shape index (κ2) is 7.35. The first kappa shape index (κ1) is 17.6. The van der Waals surface area contributed by atoms with Crippen molar-refractivity contribution in [2.24, 2.45) is 7.05 Å². The Bertz CT molecular complexity index is 973. The average Bonchev–Trinajstić information content (AvgIpc) is 3.19. The largest absolute Gasteiger partial charge is 0.483 e. The van der Waals surface area contributed by atoms with E-state index in [9.17, 15) is 13.6 Å². The zero-order valence-corrected chi connectivity index (χ0v) is 14.2. The molecular weight excluding hydrogens is 342 g/mol. The van der Waals surface area contributed by atoms with Crippen LogP contribution in [0.5, 0.6) is 5.75 Å². The quantitative estimate of drug-likeness (QED) is 0.492. The lowest BCUT2D eigenvalue weighted by atomic mass is 10.1. The molecule has 0 aliphatic carbocycles. The topological polar surface area (TPSA) is 57.3 Å². The highest BCUT2D eigenvalue weighted by molar-refractivity contribution is 6.07. The van der Waals surface area contributed by atoms with Gasteiger partial charge in [0.25, 0.3) is 0 Å². The molecule has 0 radical (unpaired) electrons. The number of halogens is 2. The summed E-state index contributed by atoms with van der Waals surface area (Å²) in [4.78, 5) is 12.2. The third-order valence-corrected chi connectivity index (χ3v) is 3.85. The lowest BCUT2D eigenvalue weighted by molar-refractivity contribution is 0.104. The lowest BCUT2D eigenvalue weighted by Crippen LogP contribution is -1.98. The van der Waals surface area contributed by atoms with Gasteiger partial charge in [-0.3, -0.25) is 9.48 Å². The Balaban J connectivity index is 1.62. The summed E-state index contributed by atoms with van der Waals surface area (Å²) < 4.78 is 38.8. The highest BCUT2D eigenvalue weighted by Crippen LogP contribution is 2.20. The van der Waals surface area contributed by atoms with E-state index in [1.165, 1.54) is 24.4 Å². The molecule has 0 N–H and O–H groups in total. The summed E-state index contributed by atoms with van der Waals surface area (Å²) in [5.41, 5.74) is 1.29. The van der Waals surface area contributed by atoms with Crippen molar-refractivity contribution in [2.45, 2.75) is 13.5 Å². The number of nitrogens with zero attached hydrogens (tertiary/aromatic N) is 2. The van der Waals surface area contributed by atoms with Gasteiger partial charge in [0.15, 0.2) is 17.3 Å². The molecule has 0 saturated heterocycles. The number of carbonyl (C=O) groups is 1. The lowest BCUT2D eigenvalue weighted by Gasteiger charge is -2.05. The molecule has 0 atom stereocenters. The van der Waals surface area contributed by atoms with Crippen molar-refractivity contribution in [1.82, 2.24) is 9.78 Å². The third kappa shape index (κ3) is 3.88. The van der Waals surface area contributed by atoms with Crippen molar-refractivity contribution >= 4 is 11.9 Å². The molecule has 5 nitrogen and oxygen atoms in total. The zero-order valence-electron chi connectivity index (χ0n) is 14.2. The molecule has 3 rings (SSSR count).